The summed E-state index contributed by atoms with van der Waals surface area (Å²) in [6.07, 6.45) is 0.968. The van der Waals surface area contributed by atoms with Gasteiger partial charge in [-0.05, 0) is 45.1 Å². The number of carbonyl (C=O) groups excluding carboxylic acids is 3. The van der Waals surface area contributed by atoms with E-state index in [9.17, 15) is 14.4 Å². The van der Waals surface area contributed by atoms with Crippen molar-refractivity contribution in [1.82, 2.24) is 5.32 Å². The van der Waals surface area contributed by atoms with Gasteiger partial charge in [0.1, 0.15) is 5.92 Å². The molecule has 0 saturated carbocycles. The Kier molecular flexibility index (Phi) is 6.68. The maximum Gasteiger partial charge on any atom is 0.337 e. The van der Waals surface area contributed by atoms with E-state index in [1.165, 1.54) is 7.11 Å². The molecule has 1 aromatic rings. The van der Waals surface area contributed by atoms with E-state index in [4.69, 9.17) is 9.47 Å². The summed E-state index contributed by atoms with van der Waals surface area (Å²) >= 11 is 0. The molecule has 6 nitrogen and oxygen atoms in total. The van der Waals surface area contributed by atoms with E-state index in [1.807, 2.05) is 58.9 Å². The second kappa shape index (κ2) is 9.08. The summed E-state index contributed by atoms with van der Waals surface area (Å²) in [5.74, 6) is -2.96. The van der Waals surface area contributed by atoms with Crippen molar-refractivity contribution in [3.63, 3.8) is 0 Å². The Morgan fingerprint density at radius 1 is 1.19 bits per heavy atom. The van der Waals surface area contributed by atoms with Gasteiger partial charge in [0.25, 0.3) is 0 Å². The van der Waals surface area contributed by atoms with Crippen molar-refractivity contribution in [2.24, 2.45) is 11.8 Å². The van der Waals surface area contributed by atoms with E-state index in [0.717, 1.165) is 16.8 Å². The van der Waals surface area contributed by atoms with E-state index in [2.05, 4.69) is 5.32 Å². The highest BCUT2D eigenvalue weighted by atomic mass is 16.5. The minimum atomic E-state index is -0.885. The van der Waals surface area contributed by atoms with E-state index < -0.39 is 23.8 Å². The van der Waals surface area contributed by atoms with Crippen LogP contribution in [0.5, 0.6) is 0 Å². The van der Waals surface area contributed by atoms with Crippen molar-refractivity contribution >= 4 is 17.7 Å². The summed E-state index contributed by atoms with van der Waals surface area (Å²) in [4.78, 5) is 39.2. The Labute approximate surface area is 183 Å². The summed E-state index contributed by atoms with van der Waals surface area (Å²) < 4.78 is 10.6. The normalized spacial score (nSPS) is 24.3. The fourth-order valence-electron chi connectivity index (χ4n) is 4.37. The van der Waals surface area contributed by atoms with Crippen LogP contribution in [0, 0.1) is 18.8 Å². The van der Waals surface area contributed by atoms with Crippen LogP contribution in [0.4, 0.5) is 0 Å². The van der Waals surface area contributed by atoms with Crippen molar-refractivity contribution in [3.8, 4) is 0 Å². The lowest BCUT2D eigenvalue weighted by Crippen LogP contribution is -2.43. The van der Waals surface area contributed by atoms with Crippen LogP contribution in [0.25, 0.3) is 0 Å². The summed E-state index contributed by atoms with van der Waals surface area (Å²) in [5, 5.41) is 3.28. The number of ketones is 1. The van der Waals surface area contributed by atoms with Gasteiger partial charge in [-0.25, -0.2) is 4.79 Å². The standard InChI is InChI=1S/C25H31NO5/c1-7-15(4)31-25(29)20-16(5)26-18-12-14(3)19(24(28)30-6)23(27)22(18)21(20)17-10-8-13(2)9-11-17/h8-11,14-15,19,21,26H,7,12H2,1-6H3/t14-,15+,19+,21+/m0/s1. The molecule has 31 heavy (non-hydrogen) atoms. The molecule has 2 aliphatic rings. The first-order valence-electron chi connectivity index (χ1n) is 10.8. The van der Waals surface area contributed by atoms with Gasteiger partial charge in [0.15, 0.2) is 5.78 Å². The van der Waals surface area contributed by atoms with Crippen molar-refractivity contribution in [1.29, 1.82) is 0 Å². The molecular formula is C25H31NO5. The molecule has 1 N–H and O–H groups in total. The van der Waals surface area contributed by atoms with Crippen molar-refractivity contribution < 1.29 is 23.9 Å². The second-order valence-electron chi connectivity index (χ2n) is 8.57. The maximum absolute atomic E-state index is 13.6. The van der Waals surface area contributed by atoms with Crippen LogP contribution in [-0.4, -0.2) is 30.9 Å². The molecule has 3 rings (SSSR count). The Bertz CT molecular complexity index is 957. The predicted octanol–water partition coefficient (Wildman–Crippen LogP) is 3.95. The van der Waals surface area contributed by atoms with Gasteiger partial charge in [-0.2, -0.15) is 0 Å². The number of nitrogens with one attached hydrogen (secondary N) is 1. The molecule has 0 radical (unpaired) electrons. The molecular weight excluding hydrogens is 394 g/mol. The highest BCUT2D eigenvalue weighted by Gasteiger charge is 2.47. The van der Waals surface area contributed by atoms with E-state index in [-0.39, 0.29) is 17.8 Å². The van der Waals surface area contributed by atoms with Gasteiger partial charge >= 0.3 is 11.9 Å². The third-order valence-corrected chi connectivity index (χ3v) is 6.26. The van der Waals surface area contributed by atoms with Gasteiger partial charge in [-0.3, -0.25) is 9.59 Å². The first-order valence-corrected chi connectivity index (χ1v) is 10.8. The quantitative estimate of drug-likeness (QED) is 0.568. The van der Waals surface area contributed by atoms with Crippen molar-refractivity contribution in [2.75, 3.05) is 7.11 Å². The van der Waals surface area contributed by atoms with E-state index >= 15 is 0 Å². The summed E-state index contributed by atoms with van der Waals surface area (Å²) in [7, 11) is 1.29. The molecule has 1 heterocycles. The maximum atomic E-state index is 13.6. The lowest BCUT2D eigenvalue weighted by atomic mass is 9.69. The van der Waals surface area contributed by atoms with Crippen LogP contribution in [0.15, 0.2) is 46.8 Å². The summed E-state index contributed by atoms with van der Waals surface area (Å²) in [6, 6.07) is 7.77. The van der Waals surface area contributed by atoms with Crippen molar-refractivity contribution in [2.45, 2.75) is 59.5 Å². The summed E-state index contributed by atoms with van der Waals surface area (Å²) in [6.45, 7) is 9.48. The molecule has 4 atom stereocenters. The molecule has 0 saturated heterocycles. The SMILES string of the molecule is CC[C@@H](C)OC(=O)C1=C(C)NC2=C(C(=O)[C@H](C(=O)OC)[C@@H](C)C2)[C@@H]1c1ccc(C)cc1. The number of allylic oxidation sites excluding steroid dienone is 3. The average Bonchev–Trinajstić information content (AvgIpc) is 2.72. The number of Topliss-reactive ketones (excluding diaryl/α,β-unsaturated/α-hetero) is 1. The third-order valence-electron chi connectivity index (χ3n) is 6.26. The monoisotopic (exact) mass is 425 g/mol. The van der Waals surface area contributed by atoms with E-state index in [0.29, 0.717) is 29.7 Å². The molecule has 0 spiro atoms. The molecule has 1 aliphatic carbocycles. The molecule has 0 bridgehead atoms. The van der Waals surface area contributed by atoms with Crippen LogP contribution in [0.2, 0.25) is 0 Å². The molecule has 0 unspecified atom stereocenters. The first-order chi connectivity index (χ1) is 14.7. The Morgan fingerprint density at radius 3 is 2.42 bits per heavy atom. The topological polar surface area (TPSA) is 81.7 Å². The van der Waals surface area contributed by atoms with Crippen LogP contribution in [0.1, 0.15) is 57.6 Å². The predicted molar refractivity (Wildman–Crippen MR) is 117 cm³/mol. The zero-order valence-electron chi connectivity index (χ0n) is 19.1. The minimum Gasteiger partial charge on any atom is -0.468 e. The zero-order valence-corrected chi connectivity index (χ0v) is 19.1. The fraction of sp³-hybridized carbons (Fsp3) is 0.480. The number of rotatable bonds is 5. The number of dihydropyridines is 1. The zero-order chi connectivity index (χ0) is 22.9. The van der Waals surface area contributed by atoms with Gasteiger partial charge < -0.3 is 14.8 Å². The van der Waals surface area contributed by atoms with Crippen molar-refractivity contribution in [3.05, 3.63) is 57.9 Å². The number of methoxy groups -OCH3 is 1. The Morgan fingerprint density at radius 2 is 1.84 bits per heavy atom. The molecule has 1 aliphatic heterocycles. The van der Waals surface area contributed by atoms with Gasteiger partial charge in [0.2, 0.25) is 0 Å². The van der Waals surface area contributed by atoms with Gasteiger partial charge in [-0.1, -0.05) is 43.7 Å². The number of aryl methyl sites for hydroxylation is 1. The largest absolute Gasteiger partial charge is 0.468 e. The molecule has 0 fully saturated rings. The van der Waals surface area contributed by atoms with Gasteiger partial charge in [-0.15, -0.1) is 0 Å². The Hall–Kier alpha value is -2.89. The van der Waals surface area contributed by atoms with Crippen LogP contribution < -0.4 is 5.32 Å². The number of esters is 2. The van der Waals surface area contributed by atoms with Gasteiger partial charge in [0.05, 0.1) is 18.8 Å². The first kappa shape index (κ1) is 22.8. The number of benzene rings is 1. The number of hydrogen-bond donors (Lipinski definition) is 1. The Balaban J connectivity index is 2.15. The minimum absolute atomic E-state index is 0.203. The second-order valence-corrected chi connectivity index (χ2v) is 8.57. The fourth-order valence-corrected chi connectivity index (χ4v) is 4.37. The molecule has 166 valence electrons. The van der Waals surface area contributed by atoms with E-state index in [1.54, 1.807) is 0 Å². The highest BCUT2D eigenvalue weighted by Crippen LogP contribution is 2.45. The number of carbonyl (C=O) groups is 3. The highest BCUT2D eigenvalue weighted by molar-refractivity contribution is 6.12. The summed E-state index contributed by atoms with van der Waals surface area (Å²) in [5.41, 5.74) is 4.21. The van der Waals surface area contributed by atoms with Crippen LogP contribution >= 0.6 is 0 Å². The lowest BCUT2D eigenvalue weighted by molar-refractivity contribution is -0.151. The number of ether oxygens (including phenoxy) is 2. The third kappa shape index (κ3) is 4.29. The van der Waals surface area contributed by atoms with Crippen LogP contribution in [-0.2, 0) is 23.9 Å². The molecule has 0 amide bonds. The number of hydrogen-bond acceptors (Lipinski definition) is 6. The smallest absolute Gasteiger partial charge is 0.337 e. The molecule has 1 aromatic carbocycles. The molecule has 0 aromatic heterocycles. The van der Waals surface area contributed by atoms with Crippen LogP contribution in [0.3, 0.4) is 0 Å². The lowest BCUT2D eigenvalue weighted by Gasteiger charge is -2.38. The average molecular weight is 426 g/mol. The van der Waals surface area contributed by atoms with Gasteiger partial charge in [0, 0.05) is 22.9 Å². The molecule has 6 heteroatoms.